The van der Waals surface area contributed by atoms with Crippen molar-refractivity contribution in [3.8, 4) is 0 Å². The van der Waals surface area contributed by atoms with Crippen LogP contribution >= 0.6 is 0 Å². The van der Waals surface area contributed by atoms with Crippen molar-refractivity contribution in [1.29, 1.82) is 0 Å². The predicted octanol–water partition coefficient (Wildman–Crippen LogP) is 2.09. The fourth-order valence-electron chi connectivity index (χ4n) is 7.55. The highest BCUT2D eigenvalue weighted by atomic mass is 16.6. The molecule has 0 bridgehead atoms. The molecule has 1 saturated heterocycles. The van der Waals surface area contributed by atoms with Crippen LogP contribution < -0.4 is 5.73 Å². The second kappa shape index (κ2) is 28.4. The minimum absolute atomic E-state index is 0.131. The van der Waals surface area contributed by atoms with Gasteiger partial charge in [0.2, 0.25) is 0 Å². The van der Waals surface area contributed by atoms with Crippen LogP contribution in [0.5, 0.6) is 0 Å². The number of aromatic nitrogens is 3. The van der Waals surface area contributed by atoms with Gasteiger partial charge in [0.15, 0.2) is 5.82 Å². The number of pyridine rings is 1. The number of rotatable bonds is 35. The number of hydrogen-bond acceptors (Lipinski definition) is 16. The molecule has 4 heterocycles. The number of carbonyl (C=O) groups is 2. The van der Waals surface area contributed by atoms with Crippen LogP contribution in [0.1, 0.15) is 44.5 Å². The molecule has 358 valence electrons. The maximum atomic E-state index is 11.5. The van der Waals surface area contributed by atoms with Crippen LogP contribution in [0.2, 0.25) is 0 Å². The van der Waals surface area contributed by atoms with Crippen molar-refractivity contribution in [3.05, 3.63) is 41.7 Å². The van der Waals surface area contributed by atoms with E-state index in [9.17, 15) is 19.8 Å². The first-order valence-corrected chi connectivity index (χ1v) is 23.1. The van der Waals surface area contributed by atoms with Crippen molar-refractivity contribution >= 4 is 39.6 Å². The van der Waals surface area contributed by atoms with Crippen molar-refractivity contribution in [3.63, 3.8) is 0 Å². The fourth-order valence-corrected chi connectivity index (χ4v) is 7.55. The number of piperazine rings is 1. The van der Waals surface area contributed by atoms with Gasteiger partial charge in [0, 0.05) is 68.6 Å². The Morgan fingerprint density at radius 3 is 1.67 bits per heavy atom. The van der Waals surface area contributed by atoms with E-state index in [2.05, 4.69) is 39.5 Å². The van der Waals surface area contributed by atoms with Gasteiger partial charge in [-0.15, -0.1) is 0 Å². The summed E-state index contributed by atoms with van der Waals surface area (Å²) in [5, 5.41) is 21.2. The number of nitrogens with two attached hydrogens (primary N) is 1. The van der Waals surface area contributed by atoms with Crippen LogP contribution in [0.15, 0.2) is 30.4 Å². The second-order valence-corrected chi connectivity index (χ2v) is 16.6. The topological polar surface area (TPSA) is 206 Å². The zero-order chi connectivity index (χ0) is 45.4. The number of hydrogen-bond donors (Lipinski definition) is 3. The Balaban J connectivity index is 0.822. The van der Waals surface area contributed by atoms with Crippen molar-refractivity contribution in [2.45, 2.75) is 52.5 Å². The highest BCUT2D eigenvalue weighted by Crippen LogP contribution is 2.32. The molecule has 0 aliphatic carbocycles. The Bertz CT molecular complexity index is 1850. The number of anilines is 1. The molecule has 0 radical (unpaired) electrons. The normalized spacial score (nSPS) is 15.3. The predicted molar refractivity (Wildman–Crippen MR) is 243 cm³/mol. The zero-order valence-corrected chi connectivity index (χ0v) is 38.2. The number of nitrogen functional groups attached to an aromatic ring is 1. The van der Waals surface area contributed by atoms with Crippen LogP contribution in [-0.4, -0.2) is 203 Å². The zero-order valence-electron chi connectivity index (χ0n) is 38.2. The van der Waals surface area contributed by atoms with E-state index < -0.39 is 5.41 Å². The molecular formula is C46H73N7O11. The molecule has 2 aliphatic rings. The molecule has 64 heavy (non-hydrogen) atoms. The average Bonchev–Trinajstić information content (AvgIpc) is 3.83. The number of aryl methyl sites for hydroxylation is 2. The lowest BCUT2D eigenvalue weighted by Gasteiger charge is -2.34. The van der Waals surface area contributed by atoms with Crippen molar-refractivity contribution in [1.82, 2.24) is 29.2 Å². The number of amides is 2. The van der Waals surface area contributed by atoms with Gasteiger partial charge in [-0.1, -0.05) is 32.4 Å². The van der Waals surface area contributed by atoms with E-state index in [1.807, 2.05) is 6.92 Å². The molecule has 2 amide bonds. The summed E-state index contributed by atoms with van der Waals surface area (Å²) in [6.07, 6.45) is 7.34. The monoisotopic (exact) mass is 900 g/mol. The SMILES string of the molecule is CCCCc1nc2c(N)nc3cc(CCCN4CCN(CCOCCOCCOCCOCCOCCOCCOCCN5C(=O)C=CC5=O)CC4)ccc3c2n1CC(C)(CO)CO. The van der Waals surface area contributed by atoms with E-state index >= 15 is 0 Å². The molecule has 4 N–H and O–H groups in total. The second-order valence-electron chi connectivity index (χ2n) is 16.6. The number of nitrogens with zero attached hydrogens (tertiary/aromatic N) is 6. The van der Waals surface area contributed by atoms with Crippen LogP contribution in [0.25, 0.3) is 21.9 Å². The molecule has 18 heteroatoms. The number of imidazole rings is 1. The lowest BCUT2D eigenvalue weighted by molar-refractivity contribution is -0.137. The number of ether oxygens (including phenoxy) is 7. The largest absolute Gasteiger partial charge is 0.396 e. The Morgan fingerprint density at radius 1 is 0.656 bits per heavy atom. The van der Waals surface area contributed by atoms with E-state index in [1.165, 1.54) is 17.7 Å². The summed E-state index contributed by atoms with van der Waals surface area (Å²) in [6.45, 7) is 17.2. The van der Waals surface area contributed by atoms with E-state index in [0.717, 1.165) is 98.5 Å². The highest BCUT2D eigenvalue weighted by Gasteiger charge is 2.28. The minimum Gasteiger partial charge on any atom is -0.396 e. The molecule has 0 atom stereocenters. The molecule has 0 unspecified atom stereocenters. The molecule has 1 fully saturated rings. The molecule has 2 aromatic heterocycles. The third-order valence-corrected chi connectivity index (χ3v) is 11.5. The van der Waals surface area contributed by atoms with Gasteiger partial charge in [-0.05, 0) is 37.4 Å². The van der Waals surface area contributed by atoms with Gasteiger partial charge in [-0.2, -0.15) is 0 Å². The van der Waals surface area contributed by atoms with Gasteiger partial charge in [0.05, 0.1) is 123 Å². The van der Waals surface area contributed by atoms with Crippen molar-refractivity contribution in [2.75, 3.05) is 157 Å². The number of carbonyl (C=O) groups excluding carboxylic acids is 2. The Hall–Kier alpha value is -3.66. The maximum absolute atomic E-state index is 11.5. The van der Waals surface area contributed by atoms with Crippen LogP contribution in [0.3, 0.4) is 0 Å². The third kappa shape index (κ3) is 16.6. The van der Waals surface area contributed by atoms with Crippen LogP contribution in [-0.2, 0) is 62.1 Å². The fraction of sp³-hybridized carbons (Fsp3) is 0.696. The number of benzene rings is 1. The Kier molecular flexibility index (Phi) is 22.8. The van der Waals surface area contributed by atoms with E-state index in [4.69, 9.17) is 48.9 Å². The summed E-state index contributed by atoms with van der Waals surface area (Å²) in [4.78, 5) is 38.8. The van der Waals surface area contributed by atoms with Gasteiger partial charge in [-0.3, -0.25) is 19.4 Å². The summed E-state index contributed by atoms with van der Waals surface area (Å²) < 4.78 is 41.0. The van der Waals surface area contributed by atoms with E-state index in [1.54, 1.807) is 0 Å². The number of imide groups is 1. The molecule has 18 nitrogen and oxygen atoms in total. The first kappa shape index (κ1) is 51.3. The first-order valence-electron chi connectivity index (χ1n) is 23.1. The highest BCUT2D eigenvalue weighted by molar-refractivity contribution is 6.12. The summed E-state index contributed by atoms with van der Waals surface area (Å²) in [5.41, 5.74) is 9.51. The quantitative estimate of drug-likeness (QED) is 0.0571. The maximum Gasteiger partial charge on any atom is 0.253 e. The molecule has 0 spiro atoms. The summed E-state index contributed by atoms with van der Waals surface area (Å²) in [7, 11) is 0. The van der Waals surface area contributed by atoms with Crippen molar-refractivity contribution in [2.24, 2.45) is 5.41 Å². The van der Waals surface area contributed by atoms with Crippen LogP contribution in [0, 0.1) is 5.41 Å². The van der Waals surface area contributed by atoms with Gasteiger partial charge in [0.25, 0.3) is 11.8 Å². The summed E-state index contributed by atoms with van der Waals surface area (Å²) >= 11 is 0. The minimum atomic E-state index is -0.689. The average molecular weight is 900 g/mol. The first-order chi connectivity index (χ1) is 31.2. The lowest BCUT2D eigenvalue weighted by Crippen LogP contribution is -2.47. The van der Waals surface area contributed by atoms with Crippen molar-refractivity contribution < 1.29 is 53.0 Å². The number of aliphatic hydroxyl groups excluding tert-OH is 2. The molecule has 3 aromatic rings. The van der Waals surface area contributed by atoms with E-state index in [0.29, 0.717) is 104 Å². The summed E-state index contributed by atoms with van der Waals surface area (Å²) in [5.74, 6) is 0.711. The van der Waals surface area contributed by atoms with Crippen LogP contribution in [0.4, 0.5) is 5.82 Å². The molecule has 5 rings (SSSR count). The molecular weight excluding hydrogens is 827 g/mol. The van der Waals surface area contributed by atoms with Gasteiger partial charge in [-0.25, -0.2) is 9.97 Å². The Morgan fingerprint density at radius 2 is 1.16 bits per heavy atom. The van der Waals surface area contributed by atoms with Gasteiger partial charge < -0.3 is 58.6 Å². The summed E-state index contributed by atoms with van der Waals surface area (Å²) in [6, 6.07) is 6.47. The van der Waals surface area contributed by atoms with Gasteiger partial charge in [0.1, 0.15) is 11.3 Å². The van der Waals surface area contributed by atoms with Gasteiger partial charge >= 0.3 is 0 Å². The standard InChI is InChI=1S/C46H73N7O11/c1-3-4-7-40-49-43-44(53(40)34-46(2,35-54)36-55)38-9-8-37(33-39(38)48-45(43)47)6-5-12-50-13-15-51(16-14-50)17-19-58-21-23-60-25-27-62-29-31-64-32-30-63-28-26-61-24-22-59-20-18-52-41(56)10-11-42(52)57/h8-11,33,54-55H,3-7,12-32,34-36H2,1-2H3,(H2,47,48). The molecule has 1 aromatic carbocycles. The molecule has 2 aliphatic heterocycles. The Labute approximate surface area is 377 Å². The number of aliphatic hydroxyl groups is 2. The molecule has 0 saturated carbocycles. The number of fused-ring (bicyclic) bond motifs is 3. The lowest BCUT2D eigenvalue weighted by atomic mass is 9.92. The number of unbranched alkanes of at least 4 members (excludes halogenated alkanes) is 1. The van der Waals surface area contributed by atoms with E-state index in [-0.39, 0.29) is 38.2 Å². The smallest absolute Gasteiger partial charge is 0.253 e. The third-order valence-electron chi connectivity index (χ3n) is 11.5.